The van der Waals surface area contributed by atoms with Crippen LogP contribution in [-0.2, 0) is 11.2 Å². The Morgan fingerprint density at radius 2 is 1.96 bits per heavy atom. The molecule has 7 nitrogen and oxygen atoms in total. The molecule has 1 heterocycles. The van der Waals surface area contributed by atoms with Crippen molar-refractivity contribution in [3.63, 3.8) is 0 Å². The van der Waals surface area contributed by atoms with Gasteiger partial charge in [0.2, 0.25) is 5.91 Å². The van der Waals surface area contributed by atoms with E-state index in [9.17, 15) is 14.9 Å². The molecule has 0 aliphatic rings. The summed E-state index contributed by atoms with van der Waals surface area (Å²) in [7, 11) is 0. The van der Waals surface area contributed by atoms with Crippen molar-refractivity contribution in [2.45, 2.75) is 6.42 Å². The molecule has 3 aromatic rings. The topological polar surface area (TPSA) is 97.7 Å². The molecule has 3 rings (SSSR count). The average Bonchev–Trinajstić information content (AvgIpc) is 3.12. The lowest BCUT2D eigenvalue weighted by molar-refractivity contribution is -0.384. The summed E-state index contributed by atoms with van der Waals surface area (Å²) in [4.78, 5) is 22.7. The maximum atomic E-state index is 11.9. The summed E-state index contributed by atoms with van der Waals surface area (Å²) >= 11 is 9.02. The second-order valence-electron chi connectivity index (χ2n) is 5.72. The van der Waals surface area contributed by atoms with Crippen LogP contribution in [0.5, 0.6) is 0 Å². The van der Waals surface area contributed by atoms with Crippen molar-refractivity contribution in [1.29, 1.82) is 0 Å². The van der Waals surface area contributed by atoms with Gasteiger partial charge in [-0.1, -0.05) is 39.7 Å². The first-order valence-electron chi connectivity index (χ1n) is 8.03. The Bertz CT molecular complexity index is 1050. The zero-order valence-corrected chi connectivity index (χ0v) is 16.6. The molecule has 0 atom stereocenters. The van der Waals surface area contributed by atoms with Crippen LogP contribution in [0.15, 0.2) is 68.6 Å². The van der Waals surface area contributed by atoms with Gasteiger partial charge in [0, 0.05) is 15.6 Å². The van der Waals surface area contributed by atoms with E-state index in [4.69, 9.17) is 16.0 Å². The zero-order valence-electron chi connectivity index (χ0n) is 14.3. The molecule has 1 N–H and O–H groups in total. The number of hydrogen-bond donors (Lipinski definition) is 1. The molecule has 0 radical (unpaired) electrons. The van der Waals surface area contributed by atoms with Gasteiger partial charge < -0.3 is 4.42 Å². The number of carbonyl (C=O) groups excluding carboxylic acids is 1. The number of hydrazone groups is 1. The van der Waals surface area contributed by atoms with Crippen molar-refractivity contribution >= 4 is 45.3 Å². The largest absolute Gasteiger partial charge is 0.455 e. The molecule has 1 amide bonds. The number of nitro groups is 1. The van der Waals surface area contributed by atoms with Crippen molar-refractivity contribution in [1.82, 2.24) is 5.43 Å². The standard InChI is InChI=1S/C19H13BrClN3O4/c20-13-3-7-16(17(10-13)24(26)27)18-8-6-15(28-18)11-22-23-19(25)9-12-1-4-14(21)5-2-12/h1-8,10-11H,9H2,(H,23,25)/b22-11-. The van der Waals surface area contributed by atoms with E-state index in [0.717, 1.165) is 5.56 Å². The summed E-state index contributed by atoms with van der Waals surface area (Å²) in [6, 6.07) is 14.8. The Morgan fingerprint density at radius 3 is 2.68 bits per heavy atom. The van der Waals surface area contributed by atoms with Crippen molar-refractivity contribution in [2.24, 2.45) is 5.10 Å². The lowest BCUT2D eigenvalue weighted by atomic mass is 10.1. The van der Waals surface area contributed by atoms with Crippen LogP contribution in [0.25, 0.3) is 11.3 Å². The molecule has 9 heteroatoms. The smallest absolute Gasteiger partial charge is 0.281 e. The van der Waals surface area contributed by atoms with Gasteiger partial charge in [-0.15, -0.1) is 0 Å². The van der Waals surface area contributed by atoms with E-state index in [0.29, 0.717) is 26.6 Å². The summed E-state index contributed by atoms with van der Waals surface area (Å²) < 4.78 is 6.18. The third-order valence-corrected chi connectivity index (χ3v) is 4.45. The molecule has 142 valence electrons. The van der Waals surface area contributed by atoms with Crippen molar-refractivity contribution in [3.8, 4) is 11.3 Å². The molecule has 28 heavy (non-hydrogen) atoms. The molecular formula is C19H13BrClN3O4. The first-order valence-corrected chi connectivity index (χ1v) is 9.20. The molecule has 1 aromatic heterocycles. The van der Waals surface area contributed by atoms with Crippen LogP contribution < -0.4 is 5.43 Å². The van der Waals surface area contributed by atoms with Crippen LogP contribution >= 0.6 is 27.5 Å². The van der Waals surface area contributed by atoms with E-state index in [1.807, 2.05) is 0 Å². The molecule has 0 aliphatic carbocycles. The first-order chi connectivity index (χ1) is 13.4. The van der Waals surface area contributed by atoms with Gasteiger partial charge in [-0.25, -0.2) is 5.43 Å². The average molecular weight is 463 g/mol. The summed E-state index contributed by atoms with van der Waals surface area (Å²) in [6.07, 6.45) is 1.48. The summed E-state index contributed by atoms with van der Waals surface area (Å²) in [5.74, 6) is 0.376. The van der Waals surface area contributed by atoms with E-state index in [1.165, 1.54) is 12.3 Å². The van der Waals surface area contributed by atoms with Gasteiger partial charge in [0.05, 0.1) is 23.1 Å². The first kappa shape index (κ1) is 19.8. The van der Waals surface area contributed by atoms with Gasteiger partial charge >= 0.3 is 0 Å². The normalized spacial score (nSPS) is 10.9. The van der Waals surface area contributed by atoms with Crippen molar-refractivity contribution in [2.75, 3.05) is 0 Å². The minimum atomic E-state index is -0.479. The van der Waals surface area contributed by atoms with Crippen molar-refractivity contribution in [3.05, 3.63) is 85.5 Å². The van der Waals surface area contributed by atoms with E-state index in [2.05, 4.69) is 26.5 Å². The SMILES string of the molecule is O=C(Cc1ccc(Cl)cc1)N/N=C\c1ccc(-c2ccc(Br)cc2[N+](=O)[O-])o1. The Labute approximate surface area is 173 Å². The fraction of sp³-hybridized carbons (Fsp3) is 0.0526. The quantitative estimate of drug-likeness (QED) is 0.318. The molecule has 0 spiro atoms. The predicted molar refractivity (Wildman–Crippen MR) is 109 cm³/mol. The number of furan rings is 1. The van der Waals surface area contributed by atoms with Gasteiger partial charge in [0.1, 0.15) is 11.5 Å². The minimum Gasteiger partial charge on any atom is -0.455 e. The number of benzene rings is 2. The second kappa shape index (κ2) is 8.81. The van der Waals surface area contributed by atoms with Gasteiger partial charge in [-0.3, -0.25) is 14.9 Å². The predicted octanol–water partition coefficient (Wildman–Crippen LogP) is 4.96. The number of nitro benzene ring substituents is 1. The van der Waals surface area contributed by atoms with Gasteiger partial charge in [0.15, 0.2) is 0 Å². The Balaban J connectivity index is 1.65. The maximum absolute atomic E-state index is 11.9. The van der Waals surface area contributed by atoms with Crippen LogP contribution in [0.2, 0.25) is 5.02 Å². The Hall–Kier alpha value is -2.97. The number of rotatable bonds is 6. The highest BCUT2D eigenvalue weighted by Gasteiger charge is 2.18. The molecular weight excluding hydrogens is 450 g/mol. The zero-order chi connectivity index (χ0) is 20.1. The Morgan fingerprint density at radius 1 is 1.21 bits per heavy atom. The third kappa shape index (κ3) is 5.05. The number of carbonyl (C=O) groups is 1. The molecule has 0 fully saturated rings. The molecule has 2 aromatic carbocycles. The maximum Gasteiger partial charge on any atom is 0.281 e. The highest BCUT2D eigenvalue weighted by atomic mass is 79.9. The van der Waals surface area contributed by atoms with Crippen LogP contribution in [0, 0.1) is 10.1 Å². The van der Waals surface area contributed by atoms with E-state index in [-0.39, 0.29) is 18.0 Å². The van der Waals surface area contributed by atoms with Gasteiger partial charge in [0.25, 0.3) is 5.69 Å². The summed E-state index contributed by atoms with van der Waals surface area (Å²) in [5.41, 5.74) is 3.48. The van der Waals surface area contributed by atoms with E-state index >= 15 is 0 Å². The fourth-order valence-corrected chi connectivity index (χ4v) is 2.90. The highest BCUT2D eigenvalue weighted by molar-refractivity contribution is 9.10. The van der Waals surface area contributed by atoms with E-state index < -0.39 is 4.92 Å². The molecule has 0 aliphatic heterocycles. The summed E-state index contributed by atoms with van der Waals surface area (Å²) in [5, 5.41) is 15.7. The molecule has 0 saturated heterocycles. The lowest BCUT2D eigenvalue weighted by Crippen LogP contribution is -2.19. The van der Waals surface area contributed by atoms with Crippen LogP contribution in [0.3, 0.4) is 0 Å². The number of nitrogens with zero attached hydrogens (tertiary/aromatic N) is 2. The monoisotopic (exact) mass is 461 g/mol. The number of halogens is 2. The van der Waals surface area contributed by atoms with Gasteiger partial charge in [-0.05, 0) is 42.0 Å². The lowest BCUT2D eigenvalue weighted by Gasteiger charge is -2.01. The van der Waals surface area contributed by atoms with E-state index in [1.54, 1.807) is 48.5 Å². The Kier molecular flexibility index (Phi) is 6.23. The third-order valence-electron chi connectivity index (χ3n) is 3.71. The van der Waals surface area contributed by atoms with Crippen molar-refractivity contribution < 1.29 is 14.1 Å². The summed E-state index contributed by atoms with van der Waals surface area (Å²) in [6.45, 7) is 0. The fourth-order valence-electron chi connectivity index (χ4n) is 2.43. The number of amides is 1. The minimum absolute atomic E-state index is 0.0801. The number of nitrogens with one attached hydrogen (secondary N) is 1. The van der Waals surface area contributed by atoms with Crippen LogP contribution in [0.4, 0.5) is 5.69 Å². The van der Waals surface area contributed by atoms with Gasteiger partial charge in [-0.2, -0.15) is 5.10 Å². The second-order valence-corrected chi connectivity index (χ2v) is 7.07. The molecule has 0 bridgehead atoms. The molecule has 0 saturated carbocycles. The highest BCUT2D eigenvalue weighted by Crippen LogP contribution is 2.33. The van der Waals surface area contributed by atoms with Crippen LogP contribution in [0.1, 0.15) is 11.3 Å². The van der Waals surface area contributed by atoms with Crippen LogP contribution in [-0.4, -0.2) is 17.0 Å². The molecule has 0 unspecified atom stereocenters. The number of hydrogen-bond acceptors (Lipinski definition) is 5.